The molecular weight excluding hydrogens is 164 g/mol. The van der Waals surface area contributed by atoms with Gasteiger partial charge in [0.1, 0.15) is 0 Å². The predicted molar refractivity (Wildman–Crippen MR) is 55.4 cm³/mol. The van der Waals surface area contributed by atoms with Crippen LogP contribution in [0.15, 0.2) is 24.3 Å². The van der Waals surface area contributed by atoms with Gasteiger partial charge in [0.25, 0.3) is 0 Å². The van der Waals surface area contributed by atoms with E-state index in [-0.39, 0.29) is 6.61 Å². The van der Waals surface area contributed by atoms with Crippen LogP contribution < -0.4 is 0 Å². The van der Waals surface area contributed by atoms with Gasteiger partial charge in [0.05, 0.1) is 6.10 Å². The van der Waals surface area contributed by atoms with Gasteiger partial charge in [0.15, 0.2) is 0 Å². The van der Waals surface area contributed by atoms with E-state index in [1.54, 1.807) is 6.08 Å². The normalized spacial score (nSPS) is 16.0. The van der Waals surface area contributed by atoms with Gasteiger partial charge in [-0.1, -0.05) is 31.2 Å². The molecular formula is C11H20O2. The Morgan fingerprint density at radius 3 is 2.62 bits per heavy atom. The van der Waals surface area contributed by atoms with Crippen LogP contribution in [-0.2, 0) is 0 Å². The molecule has 13 heavy (non-hydrogen) atoms. The minimum Gasteiger partial charge on any atom is -0.396 e. The van der Waals surface area contributed by atoms with Crippen LogP contribution in [0.5, 0.6) is 0 Å². The van der Waals surface area contributed by atoms with E-state index in [4.69, 9.17) is 5.11 Å². The standard InChI is InChI=1S/C11H20O2/c1-9(2)4-5-11(13)8-10(3)6-7-12/h4-5,10-13H,1,6-8H2,2-3H3/b5-4+/t10-,11+/m0/s1. The number of aliphatic hydroxyl groups excluding tert-OH is 2. The lowest BCUT2D eigenvalue weighted by atomic mass is 10.00. The van der Waals surface area contributed by atoms with Gasteiger partial charge < -0.3 is 10.2 Å². The van der Waals surface area contributed by atoms with Crippen molar-refractivity contribution < 1.29 is 10.2 Å². The fourth-order valence-electron chi connectivity index (χ4n) is 1.10. The van der Waals surface area contributed by atoms with Crippen molar-refractivity contribution >= 4 is 0 Å². The van der Waals surface area contributed by atoms with Crippen LogP contribution >= 0.6 is 0 Å². The van der Waals surface area contributed by atoms with E-state index < -0.39 is 6.10 Å². The Labute approximate surface area is 80.6 Å². The number of rotatable bonds is 6. The molecule has 0 unspecified atom stereocenters. The second-order valence-electron chi connectivity index (χ2n) is 3.63. The van der Waals surface area contributed by atoms with Crippen molar-refractivity contribution in [2.24, 2.45) is 5.92 Å². The summed E-state index contributed by atoms with van der Waals surface area (Å²) in [4.78, 5) is 0. The molecule has 0 aromatic carbocycles. The van der Waals surface area contributed by atoms with Gasteiger partial charge in [0, 0.05) is 6.61 Å². The third-order valence-corrected chi connectivity index (χ3v) is 1.87. The highest BCUT2D eigenvalue weighted by Crippen LogP contribution is 2.11. The molecule has 2 nitrogen and oxygen atoms in total. The first-order chi connectivity index (χ1) is 6.06. The molecule has 2 N–H and O–H groups in total. The first-order valence-electron chi connectivity index (χ1n) is 4.69. The van der Waals surface area contributed by atoms with E-state index >= 15 is 0 Å². The molecule has 0 amide bonds. The summed E-state index contributed by atoms with van der Waals surface area (Å²) < 4.78 is 0. The second-order valence-corrected chi connectivity index (χ2v) is 3.63. The summed E-state index contributed by atoms with van der Waals surface area (Å²) in [6.45, 7) is 7.81. The van der Waals surface area contributed by atoms with Gasteiger partial charge in [-0.15, -0.1) is 0 Å². The Kier molecular flexibility index (Phi) is 6.55. The molecule has 0 heterocycles. The van der Waals surface area contributed by atoms with Crippen molar-refractivity contribution in [1.82, 2.24) is 0 Å². The van der Waals surface area contributed by atoms with E-state index in [2.05, 4.69) is 6.58 Å². The highest BCUT2D eigenvalue weighted by atomic mass is 16.3. The van der Waals surface area contributed by atoms with Crippen molar-refractivity contribution in [2.75, 3.05) is 6.61 Å². The maximum absolute atomic E-state index is 9.49. The smallest absolute Gasteiger partial charge is 0.0726 e. The number of hydrogen-bond acceptors (Lipinski definition) is 2. The monoisotopic (exact) mass is 184 g/mol. The molecule has 0 aliphatic heterocycles. The van der Waals surface area contributed by atoms with Crippen LogP contribution in [0.3, 0.4) is 0 Å². The zero-order valence-corrected chi connectivity index (χ0v) is 8.53. The molecule has 0 spiro atoms. The van der Waals surface area contributed by atoms with Gasteiger partial charge in [-0.25, -0.2) is 0 Å². The van der Waals surface area contributed by atoms with Crippen LogP contribution in [-0.4, -0.2) is 22.9 Å². The van der Waals surface area contributed by atoms with Gasteiger partial charge in [-0.05, 0) is 25.7 Å². The Morgan fingerprint density at radius 2 is 2.15 bits per heavy atom. The molecule has 0 saturated heterocycles. The highest BCUT2D eigenvalue weighted by Gasteiger charge is 2.06. The Hall–Kier alpha value is -0.600. The number of hydrogen-bond donors (Lipinski definition) is 2. The maximum Gasteiger partial charge on any atom is 0.0726 e. The van der Waals surface area contributed by atoms with Crippen LogP contribution in [0.25, 0.3) is 0 Å². The molecule has 0 bridgehead atoms. The lowest BCUT2D eigenvalue weighted by Gasteiger charge is -2.11. The van der Waals surface area contributed by atoms with Crippen LogP contribution in [0.2, 0.25) is 0 Å². The van der Waals surface area contributed by atoms with Gasteiger partial charge in [-0.3, -0.25) is 0 Å². The third kappa shape index (κ3) is 7.75. The highest BCUT2D eigenvalue weighted by molar-refractivity contribution is 5.12. The summed E-state index contributed by atoms with van der Waals surface area (Å²) in [6, 6.07) is 0. The molecule has 76 valence electrons. The zero-order chi connectivity index (χ0) is 10.3. The first-order valence-corrected chi connectivity index (χ1v) is 4.69. The number of allylic oxidation sites excluding steroid dienone is 2. The summed E-state index contributed by atoms with van der Waals surface area (Å²) >= 11 is 0. The molecule has 0 aromatic heterocycles. The van der Waals surface area contributed by atoms with E-state index in [1.165, 1.54) is 0 Å². The Bertz CT molecular complexity index is 173. The lowest BCUT2D eigenvalue weighted by molar-refractivity contribution is 0.175. The molecule has 0 aliphatic carbocycles. The van der Waals surface area contributed by atoms with E-state index in [0.717, 1.165) is 12.0 Å². The fourth-order valence-corrected chi connectivity index (χ4v) is 1.10. The minimum atomic E-state index is -0.418. The van der Waals surface area contributed by atoms with Crippen molar-refractivity contribution in [3.63, 3.8) is 0 Å². The molecule has 0 rings (SSSR count). The summed E-state index contributed by atoms with van der Waals surface area (Å²) in [6.07, 6.45) is 4.59. The summed E-state index contributed by atoms with van der Waals surface area (Å²) in [5.74, 6) is 0.356. The van der Waals surface area contributed by atoms with Crippen molar-refractivity contribution in [3.05, 3.63) is 24.3 Å². The third-order valence-electron chi connectivity index (χ3n) is 1.87. The largest absolute Gasteiger partial charge is 0.396 e. The predicted octanol–water partition coefficient (Wildman–Crippen LogP) is 1.89. The molecule has 2 heteroatoms. The van der Waals surface area contributed by atoms with Gasteiger partial charge >= 0.3 is 0 Å². The molecule has 0 radical (unpaired) electrons. The zero-order valence-electron chi connectivity index (χ0n) is 8.53. The molecule has 0 fully saturated rings. The molecule has 0 aliphatic rings. The van der Waals surface area contributed by atoms with Crippen LogP contribution in [0.4, 0.5) is 0 Å². The van der Waals surface area contributed by atoms with Crippen molar-refractivity contribution in [3.8, 4) is 0 Å². The van der Waals surface area contributed by atoms with Crippen molar-refractivity contribution in [1.29, 1.82) is 0 Å². The van der Waals surface area contributed by atoms with Gasteiger partial charge in [-0.2, -0.15) is 0 Å². The van der Waals surface area contributed by atoms with E-state index in [0.29, 0.717) is 12.3 Å². The van der Waals surface area contributed by atoms with Crippen molar-refractivity contribution in [2.45, 2.75) is 32.8 Å². The first kappa shape index (κ1) is 12.4. The fraction of sp³-hybridized carbons (Fsp3) is 0.636. The minimum absolute atomic E-state index is 0.193. The summed E-state index contributed by atoms with van der Waals surface area (Å²) in [7, 11) is 0. The van der Waals surface area contributed by atoms with E-state index in [1.807, 2.05) is 19.9 Å². The maximum atomic E-state index is 9.49. The second kappa shape index (κ2) is 6.87. The van der Waals surface area contributed by atoms with E-state index in [9.17, 15) is 5.11 Å². The Balaban J connectivity index is 3.72. The lowest BCUT2D eigenvalue weighted by Crippen LogP contribution is -2.09. The van der Waals surface area contributed by atoms with Crippen LogP contribution in [0, 0.1) is 5.92 Å². The quantitative estimate of drug-likeness (QED) is 0.619. The summed E-state index contributed by atoms with van der Waals surface area (Å²) in [5.41, 5.74) is 0.939. The average molecular weight is 184 g/mol. The molecule has 2 atom stereocenters. The van der Waals surface area contributed by atoms with Gasteiger partial charge in [0.2, 0.25) is 0 Å². The molecule has 0 saturated carbocycles. The van der Waals surface area contributed by atoms with Crippen LogP contribution in [0.1, 0.15) is 26.7 Å². The average Bonchev–Trinajstić information content (AvgIpc) is 2.01. The molecule has 0 aromatic rings. The summed E-state index contributed by atoms with van der Waals surface area (Å²) in [5, 5.41) is 18.1. The Morgan fingerprint density at radius 1 is 1.54 bits per heavy atom. The SMILES string of the molecule is C=C(C)/C=C/[C@@H](O)C[C@@H](C)CCO. The number of aliphatic hydroxyl groups is 2. The topological polar surface area (TPSA) is 40.5 Å².